The molecule has 9 aromatic rings. The molecular weight excluding hydrogens is 627 g/mol. The van der Waals surface area contributed by atoms with Crippen LogP contribution in [0.3, 0.4) is 0 Å². The molecule has 1 nitrogen and oxygen atoms in total. The zero-order valence-corrected chi connectivity index (χ0v) is 28.7. The largest absolute Gasteiger partial charge is 0.310 e. The molecule has 0 aliphatic heterocycles. The van der Waals surface area contributed by atoms with E-state index in [1.807, 2.05) is 0 Å². The van der Waals surface area contributed by atoms with E-state index in [-0.39, 0.29) is 5.92 Å². The first kappa shape index (κ1) is 30.2. The molecule has 1 aliphatic carbocycles. The second-order valence-electron chi connectivity index (χ2n) is 13.7. The van der Waals surface area contributed by atoms with Crippen molar-refractivity contribution in [2.45, 2.75) is 5.92 Å². The van der Waals surface area contributed by atoms with Gasteiger partial charge >= 0.3 is 0 Å². The average molecular weight is 662 g/mol. The maximum Gasteiger partial charge on any atom is 0.0467 e. The second-order valence-corrected chi connectivity index (χ2v) is 13.7. The Bertz CT molecular complexity index is 2710. The van der Waals surface area contributed by atoms with Gasteiger partial charge in [-0.25, -0.2) is 0 Å². The SMILES string of the molecule is c1ccc(-c2ccc(N(c3ccc(C4c5ccc6ccccc6c5-c5cccc6cccc4c56)cc3)c3cccc(-c4ccccc4)c3)cc2)cc1. The fourth-order valence-electron chi connectivity index (χ4n) is 8.33. The molecule has 0 aromatic heterocycles. The van der Waals surface area contributed by atoms with E-state index in [1.54, 1.807) is 0 Å². The molecular formula is C51H35N. The van der Waals surface area contributed by atoms with Crippen LogP contribution in [0.15, 0.2) is 206 Å². The van der Waals surface area contributed by atoms with E-state index >= 15 is 0 Å². The molecule has 0 bridgehead atoms. The summed E-state index contributed by atoms with van der Waals surface area (Å²) in [6, 6.07) is 75.4. The molecule has 1 atom stereocenters. The molecule has 0 spiro atoms. The summed E-state index contributed by atoms with van der Waals surface area (Å²) in [6.45, 7) is 0. The van der Waals surface area contributed by atoms with E-state index in [2.05, 4.69) is 211 Å². The molecule has 0 saturated heterocycles. The number of rotatable bonds is 6. The summed E-state index contributed by atoms with van der Waals surface area (Å²) >= 11 is 0. The number of fused-ring (bicyclic) bond motifs is 4. The van der Waals surface area contributed by atoms with Crippen molar-refractivity contribution in [3.05, 3.63) is 223 Å². The van der Waals surface area contributed by atoms with Crippen molar-refractivity contribution in [1.29, 1.82) is 0 Å². The lowest BCUT2D eigenvalue weighted by atomic mass is 9.73. The van der Waals surface area contributed by atoms with E-state index in [1.165, 1.54) is 71.6 Å². The minimum absolute atomic E-state index is 0.118. The Morgan fingerprint density at radius 1 is 0.346 bits per heavy atom. The number of nitrogens with zero attached hydrogens (tertiary/aromatic N) is 1. The molecule has 0 heterocycles. The van der Waals surface area contributed by atoms with Gasteiger partial charge in [0.2, 0.25) is 0 Å². The third-order valence-electron chi connectivity index (χ3n) is 10.7. The van der Waals surface area contributed by atoms with Gasteiger partial charge in [0.15, 0.2) is 0 Å². The lowest BCUT2D eigenvalue weighted by Gasteiger charge is -2.31. The van der Waals surface area contributed by atoms with Crippen molar-refractivity contribution in [1.82, 2.24) is 0 Å². The molecule has 0 fully saturated rings. The minimum atomic E-state index is 0.118. The lowest BCUT2D eigenvalue weighted by Crippen LogP contribution is -2.12. The van der Waals surface area contributed by atoms with Crippen molar-refractivity contribution in [2.75, 3.05) is 4.90 Å². The first-order valence-electron chi connectivity index (χ1n) is 18.0. The van der Waals surface area contributed by atoms with E-state index in [0.717, 1.165) is 17.1 Å². The van der Waals surface area contributed by atoms with Crippen LogP contribution in [0.1, 0.15) is 22.6 Å². The molecule has 10 rings (SSSR count). The summed E-state index contributed by atoms with van der Waals surface area (Å²) in [5.41, 5.74) is 14.9. The van der Waals surface area contributed by atoms with Crippen LogP contribution >= 0.6 is 0 Å². The van der Waals surface area contributed by atoms with E-state index in [9.17, 15) is 0 Å². The highest BCUT2D eigenvalue weighted by Crippen LogP contribution is 2.50. The predicted molar refractivity (Wildman–Crippen MR) is 220 cm³/mol. The maximum atomic E-state index is 2.38. The summed E-state index contributed by atoms with van der Waals surface area (Å²) in [4.78, 5) is 2.38. The average Bonchev–Trinajstić information content (AvgIpc) is 3.22. The van der Waals surface area contributed by atoms with Gasteiger partial charge in [0.25, 0.3) is 0 Å². The third kappa shape index (κ3) is 5.10. The highest BCUT2D eigenvalue weighted by Gasteiger charge is 2.29. The summed E-state index contributed by atoms with van der Waals surface area (Å²) in [6.07, 6.45) is 0. The van der Waals surface area contributed by atoms with Crippen LogP contribution in [0.25, 0.3) is 54.9 Å². The number of benzene rings is 9. The Balaban J connectivity index is 1.11. The smallest absolute Gasteiger partial charge is 0.0467 e. The fourth-order valence-corrected chi connectivity index (χ4v) is 8.33. The van der Waals surface area contributed by atoms with Crippen molar-refractivity contribution < 1.29 is 0 Å². The highest BCUT2D eigenvalue weighted by atomic mass is 15.1. The minimum Gasteiger partial charge on any atom is -0.310 e. The topological polar surface area (TPSA) is 3.24 Å². The van der Waals surface area contributed by atoms with Gasteiger partial charge in [-0.3, -0.25) is 0 Å². The van der Waals surface area contributed by atoms with E-state index in [4.69, 9.17) is 0 Å². The van der Waals surface area contributed by atoms with Crippen molar-refractivity contribution in [3.63, 3.8) is 0 Å². The van der Waals surface area contributed by atoms with Gasteiger partial charge in [0, 0.05) is 23.0 Å². The zero-order valence-electron chi connectivity index (χ0n) is 28.7. The lowest BCUT2D eigenvalue weighted by molar-refractivity contribution is 0.985. The third-order valence-corrected chi connectivity index (χ3v) is 10.7. The number of hydrogen-bond donors (Lipinski definition) is 0. The second kappa shape index (κ2) is 12.6. The van der Waals surface area contributed by atoms with Crippen LogP contribution in [0.2, 0.25) is 0 Å². The van der Waals surface area contributed by atoms with Crippen LogP contribution in [-0.2, 0) is 0 Å². The van der Waals surface area contributed by atoms with Crippen molar-refractivity contribution >= 4 is 38.6 Å². The van der Waals surface area contributed by atoms with Gasteiger partial charge in [-0.05, 0) is 108 Å². The molecule has 0 amide bonds. The molecule has 1 unspecified atom stereocenters. The Hall–Kier alpha value is -6.70. The molecule has 0 N–H and O–H groups in total. The number of hydrogen-bond acceptors (Lipinski definition) is 1. The normalized spacial score (nSPS) is 13.2. The van der Waals surface area contributed by atoms with Gasteiger partial charge in [-0.1, -0.05) is 170 Å². The van der Waals surface area contributed by atoms with E-state index < -0.39 is 0 Å². The van der Waals surface area contributed by atoms with Crippen molar-refractivity contribution in [2.24, 2.45) is 0 Å². The molecule has 244 valence electrons. The van der Waals surface area contributed by atoms with Crippen LogP contribution in [-0.4, -0.2) is 0 Å². The Morgan fingerprint density at radius 2 is 0.923 bits per heavy atom. The molecule has 1 aliphatic rings. The van der Waals surface area contributed by atoms with Gasteiger partial charge in [0.1, 0.15) is 0 Å². The van der Waals surface area contributed by atoms with Crippen LogP contribution in [0.4, 0.5) is 17.1 Å². The molecule has 0 radical (unpaired) electrons. The quantitative estimate of drug-likeness (QED) is 0.171. The monoisotopic (exact) mass is 661 g/mol. The van der Waals surface area contributed by atoms with Gasteiger partial charge in [-0.2, -0.15) is 0 Å². The first-order valence-corrected chi connectivity index (χ1v) is 18.0. The van der Waals surface area contributed by atoms with E-state index in [0.29, 0.717) is 0 Å². The Labute approximate surface area is 304 Å². The number of anilines is 3. The molecule has 1 heteroatoms. The van der Waals surface area contributed by atoms with Crippen LogP contribution in [0, 0.1) is 0 Å². The molecule has 0 saturated carbocycles. The Morgan fingerprint density at radius 3 is 1.67 bits per heavy atom. The summed E-state index contributed by atoms with van der Waals surface area (Å²) in [7, 11) is 0. The van der Waals surface area contributed by atoms with Crippen LogP contribution in [0.5, 0.6) is 0 Å². The zero-order chi connectivity index (χ0) is 34.4. The molecule has 9 aromatic carbocycles. The predicted octanol–water partition coefficient (Wildman–Crippen LogP) is 14.0. The summed E-state index contributed by atoms with van der Waals surface area (Å²) in [5, 5.41) is 5.24. The fraction of sp³-hybridized carbons (Fsp3) is 0.0196. The van der Waals surface area contributed by atoms with Crippen molar-refractivity contribution in [3.8, 4) is 33.4 Å². The Kier molecular flexibility index (Phi) is 7.29. The van der Waals surface area contributed by atoms with Gasteiger partial charge < -0.3 is 4.90 Å². The standard InChI is InChI=1S/C51H35N/c1-3-12-35(13-4-1)37-24-29-42(30-25-37)52(44-20-9-19-41(34-44)36-14-5-2-6-15-36)43-31-26-40(27-32-43)50-46-22-10-17-39-18-11-23-47(49(39)46)51-45-21-8-7-16-38(45)28-33-48(50)51/h1-34,50H. The van der Waals surface area contributed by atoms with Crippen LogP contribution < -0.4 is 4.90 Å². The summed E-state index contributed by atoms with van der Waals surface area (Å²) in [5.74, 6) is 0.118. The molecule has 52 heavy (non-hydrogen) atoms. The first-order chi connectivity index (χ1) is 25.8. The summed E-state index contributed by atoms with van der Waals surface area (Å²) < 4.78 is 0. The maximum absolute atomic E-state index is 2.38. The van der Waals surface area contributed by atoms with Gasteiger partial charge in [0.05, 0.1) is 0 Å². The van der Waals surface area contributed by atoms with Gasteiger partial charge in [-0.15, -0.1) is 0 Å². The highest BCUT2D eigenvalue weighted by molar-refractivity contribution is 6.10.